The number of carbonyl (C=O) groups excluding carboxylic acids is 1. The Morgan fingerprint density at radius 3 is 2.25 bits per heavy atom. The molecule has 0 aliphatic carbocycles. The van der Waals surface area contributed by atoms with Gasteiger partial charge >= 0.3 is 5.91 Å². The molecule has 0 saturated carbocycles. The Hall–Kier alpha value is -4.56. The Balaban J connectivity index is 1.48. The van der Waals surface area contributed by atoms with Crippen LogP contribution >= 0.6 is 0 Å². The third kappa shape index (κ3) is 4.71. The number of nitrogens with two attached hydrogens (primary N) is 1. The highest BCUT2D eigenvalue weighted by Crippen LogP contribution is 2.37. The largest absolute Gasteiger partial charge is 0.494 e. The van der Waals surface area contributed by atoms with E-state index in [0.717, 1.165) is 25.2 Å². The predicted molar refractivity (Wildman–Crippen MR) is 156 cm³/mol. The number of anilines is 1. The lowest BCUT2D eigenvalue weighted by Gasteiger charge is -2.26. The van der Waals surface area contributed by atoms with E-state index in [2.05, 4.69) is 17.0 Å². The van der Waals surface area contributed by atoms with Crippen LogP contribution in [0.3, 0.4) is 0 Å². The zero-order valence-corrected chi connectivity index (χ0v) is 22.7. The molecule has 8 nitrogen and oxygen atoms in total. The van der Waals surface area contributed by atoms with Crippen LogP contribution in [0.25, 0.3) is 10.9 Å². The number of hydrogen-bond donors (Lipinski definition) is 2. The van der Waals surface area contributed by atoms with Crippen LogP contribution in [-0.2, 0) is 6.54 Å². The molecule has 1 aliphatic rings. The van der Waals surface area contributed by atoms with Gasteiger partial charge in [0.15, 0.2) is 11.5 Å². The molecule has 0 spiro atoms. The zero-order valence-electron chi connectivity index (χ0n) is 22.7. The topological polar surface area (TPSA) is 110 Å². The summed E-state index contributed by atoms with van der Waals surface area (Å²) in [5.41, 5.74) is 11.3. The van der Waals surface area contributed by atoms with Crippen LogP contribution in [0.1, 0.15) is 57.8 Å². The van der Waals surface area contributed by atoms with Gasteiger partial charge in [0.25, 0.3) is 0 Å². The molecular weight excluding hydrogens is 504 g/mol. The number of piperidine rings is 1. The molecule has 8 heteroatoms. The highest BCUT2D eigenvalue weighted by atomic mass is 16.3. The van der Waals surface area contributed by atoms with Crippen LogP contribution in [0.15, 0.2) is 81.0 Å². The van der Waals surface area contributed by atoms with Crippen molar-refractivity contribution >= 4 is 33.9 Å². The molecule has 1 aliphatic heterocycles. The number of benzene rings is 2. The van der Waals surface area contributed by atoms with Gasteiger partial charge in [-0.25, -0.2) is 9.56 Å². The Labute approximate surface area is 232 Å². The van der Waals surface area contributed by atoms with E-state index in [4.69, 9.17) is 19.6 Å². The average molecular weight is 537 g/mol. The fourth-order valence-corrected chi connectivity index (χ4v) is 5.44. The summed E-state index contributed by atoms with van der Waals surface area (Å²) in [6.45, 7) is 6.88. The first kappa shape index (κ1) is 25.7. The number of aryl methyl sites for hydroxylation is 2. The van der Waals surface area contributed by atoms with Gasteiger partial charge < -0.3 is 19.7 Å². The molecule has 1 fully saturated rings. The molecule has 5 aromatic rings. The summed E-state index contributed by atoms with van der Waals surface area (Å²) in [5, 5.41) is 12.3. The molecule has 0 atom stereocenters. The maximum Gasteiger partial charge on any atom is 0.301 e. The van der Waals surface area contributed by atoms with Crippen LogP contribution in [0.5, 0.6) is 5.88 Å². The second-order valence-electron chi connectivity index (χ2n) is 10.4. The fraction of sp³-hybridized carbons (Fsp3) is 0.250. The van der Waals surface area contributed by atoms with Crippen LogP contribution in [-0.4, -0.2) is 39.3 Å². The van der Waals surface area contributed by atoms with Crippen molar-refractivity contribution in [2.24, 2.45) is 4.99 Å². The van der Waals surface area contributed by atoms with E-state index in [9.17, 15) is 9.90 Å². The third-order valence-electron chi connectivity index (χ3n) is 7.57. The summed E-state index contributed by atoms with van der Waals surface area (Å²) in [4.78, 5) is 21.1. The molecule has 0 radical (unpaired) electrons. The second kappa shape index (κ2) is 10.5. The van der Waals surface area contributed by atoms with Crippen molar-refractivity contribution in [3.05, 3.63) is 101 Å². The van der Waals surface area contributed by atoms with Gasteiger partial charge in [-0.1, -0.05) is 18.6 Å². The molecule has 4 heterocycles. The maximum absolute atomic E-state index is 13.6. The summed E-state index contributed by atoms with van der Waals surface area (Å²) in [6.07, 6.45) is 6.85. The Morgan fingerprint density at radius 2 is 1.60 bits per heavy atom. The van der Waals surface area contributed by atoms with Crippen molar-refractivity contribution in [1.82, 2.24) is 9.47 Å². The number of aromatic nitrogens is 1. The Kier molecular flexibility index (Phi) is 6.77. The number of nitrogen functional groups attached to an aromatic ring is 1. The van der Waals surface area contributed by atoms with Gasteiger partial charge in [0, 0.05) is 23.2 Å². The molecule has 0 unspecified atom stereocenters. The van der Waals surface area contributed by atoms with Crippen molar-refractivity contribution in [1.29, 1.82) is 0 Å². The first-order chi connectivity index (χ1) is 19.4. The lowest BCUT2D eigenvalue weighted by molar-refractivity contribution is 0.0928. The van der Waals surface area contributed by atoms with E-state index in [-0.39, 0.29) is 11.6 Å². The molecule has 40 heavy (non-hydrogen) atoms. The molecule has 0 bridgehead atoms. The Morgan fingerprint density at radius 1 is 0.925 bits per heavy atom. The number of hydrogen-bond acceptors (Lipinski definition) is 7. The molecule has 6 rings (SSSR count). The van der Waals surface area contributed by atoms with Gasteiger partial charge in [-0.05, 0) is 93.4 Å². The lowest BCUT2D eigenvalue weighted by Crippen LogP contribution is -2.28. The monoisotopic (exact) mass is 536 g/mol. The molecule has 2 aromatic carbocycles. The zero-order chi connectivity index (χ0) is 27.8. The van der Waals surface area contributed by atoms with E-state index in [0.29, 0.717) is 44.9 Å². The standard InChI is InChI=1S/C32H32N4O4/c1-20-12-16-39-29(20)28(34-24-9-6-22(7-10-24)19-35-14-4-3-5-15-35)27-25-11-8-23(33)18-26(25)36(31(27)37)32(38)30-21(2)13-17-40-30/h6-13,16-18,37H,3-5,14-15,19,33H2,1-2H3. The normalized spacial score (nSPS) is 14.7. The van der Waals surface area contributed by atoms with Gasteiger partial charge in [-0.2, -0.15) is 0 Å². The van der Waals surface area contributed by atoms with Gasteiger partial charge in [0.05, 0.1) is 29.3 Å². The summed E-state index contributed by atoms with van der Waals surface area (Å²) in [7, 11) is 0. The van der Waals surface area contributed by atoms with Crippen LogP contribution in [0.2, 0.25) is 0 Å². The second-order valence-corrected chi connectivity index (χ2v) is 10.4. The number of carbonyl (C=O) groups is 1. The summed E-state index contributed by atoms with van der Waals surface area (Å²) in [5.74, 6) is -0.125. The first-order valence-electron chi connectivity index (χ1n) is 13.6. The van der Waals surface area contributed by atoms with E-state index in [1.807, 2.05) is 25.1 Å². The van der Waals surface area contributed by atoms with Crippen LogP contribution in [0.4, 0.5) is 11.4 Å². The minimum absolute atomic E-state index is 0.137. The number of nitrogens with zero attached hydrogens (tertiary/aromatic N) is 3. The molecule has 1 saturated heterocycles. The number of aliphatic imine (C=N–C) groups is 1. The van der Waals surface area contributed by atoms with Crippen molar-refractivity contribution in [2.75, 3.05) is 18.8 Å². The minimum atomic E-state index is -0.501. The van der Waals surface area contributed by atoms with Crippen molar-refractivity contribution in [3.8, 4) is 5.88 Å². The van der Waals surface area contributed by atoms with Gasteiger partial charge in [0.1, 0.15) is 5.71 Å². The van der Waals surface area contributed by atoms with E-state index in [1.54, 1.807) is 37.5 Å². The van der Waals surface area contributed by atoms with Gasteiger partial charge in [-0.3, -0.25) is 9.69 Å². The fourth-order valence-electron chi connectivity index (χ4n) is 5.44. The predicted octanol–water partition coefficient (Wildman–Crippen LogP) is 6.58. The summed E-state index contributed by atoms with van der Waals surface area (Å²) >= 11 is 0. The molecular formula is C32H32N4O4. The minimum Gasteiger partial charge on any atom is -0.494 e. The summed E-state index contributed by atoms with van der Waals surface area (Å²) < 4.78 is 12.6. The highest BCUT2D eigenvalue weighted by Gasteiger charge is 2.29. The Bertz CT molecular complexity index is 1720. The molecule has 3 N–H and O–H groups in total. The summed E-state index contributed by atoms with van der Waals surface area (Å²) in [6, 6.07) is 16.9. The number of likely N-dealkylation sites (tertiary alicyclic amines) is 1. The quantitative estimate of drug-likeness (QED) is 0.187. The van der Waals surface area contributed by atoms with Crippen molar-refractivity contribution in [2.45, 2.75) is 39.7 Å². The number of furan rings is 2. The number of aromatic hydroxyl groups is 1. The molecule has 3 aromatic heterocycles. The number of fused-ring (bicyclic) bond motifs is 1. The maximum atomic E-state index is 13.6. The van der Waals surface area contributed by atoms with Crippen molar-refractivity contribution < 1.29 is 18.7 Å². The van der Waals surface area contributed by atoms with Gasteiger partial charge in [-0.15, -0.1) is 0 Å². The van der Waals surface area contributed by atoms with E-state index >= 15 is 0 Å². The van der Waals surface area contributed by atoms with Crippen molar-refractivity contribution in [3.63, 3.8) is 0 Å². The lowest BCUT2D eigenvalue weighted by atomic mass is 10.0. The number of rotatable bonds is 6. The average Bonchev–Trinajstić information content (AvgIpc) is 3.65. The van der Waals surface area contributed by atoms with E-state index in [1.165, 1.54) is 35.7 Å². The SMILES string of the molecule is Cc1ccoc1C(=O)n1c(O)c(C(=Nc2ccc(CN3CCCCC3)cc2)c2occc2C)c2ccc(N)cc21. The smallest absolute Gasteiger partial charge is 0.301 e. The molecule has 204 valence electrons. The highest BCUT2D eigenvalue weighted by molar-refractivity contribution is 6.23. The molecule has 0 amide bonds. The first-order valence-corrected chi connectivity index (χ1v) is 13.6. The van der Waals surface area contributed by atoms with Crippen LogP contribution in [0, 0.1) is 13.8 Å². The van der Waals surface area contributed by atoms with E-state index < -0.39 is 5.91 Å². The van der Waals surface area contributed by atoms with Crippen LogP contribution < -0.4 is 5.73 Å². The van der Waals surface area contributed by atoms with Gasteiger partial charge in [0.2, 0.25) is 5.88 Å². The third-order valence-corrected chi connectivity index (χ3v) is 7.57.